The van der Waals surface area contributed by atoms with E-state index in [1.165, 1.54) is 117 Å². The zero-order chi connectivity index (χ0) is 35.3. The minimum Gasteiger partial charge on any atom is -0.134 e. The first kappa shape index (κ1) is 30.2. The summed E-state index contributed by atoms with van der Waals surface area (Å²) < 4.78 is 5.46. The van der Waals surface area contributed by atoms with Gasteiger partial charge in [0.05, 0.1) is 0 Å². The quantitative estimate of drug-likeness (QED) is 0.160. The van der Waals surface area contributed by atoms with Crippen LogP contribution < -0.4 is 0 Å². The standard InChI is InChI=1S/C52H30S2/c1-2-14-31(15-3-1)33-28-29-41(35-17-5-4-16-34(33)35)48-38-20-8-6-18-36(38)47(37-19-7-9-21-39(37)48)32-26-27-44-46(30-32)54-51-42-23-11-10-22-40(42)49-43-24-12-13-25-45(43)53-52(49)50(44)51/h1-30H. The van der Waals surface area contributed by atoms with Crippen molar-refractivity contribution in [3.63, 3.8) is 0 Å². The molecule has 12 aromatic rings. The van der Waals surface area contributed by atoms with Gasteiger partial charge in [0, 0.05) is 45.7 Å². The van der Waals surface area contributed by atoms with E-state index in [1.54, 1.807) is 0 Å². The molecule has 0 aliphatic carbocycles. The summed E-state index contributed by atoms with van der Waals surface area (Å²) in [7, 11) is 0. The molecule has 0 atom stereocenters. The lowest BCUT2D eigenvalue weighted by Crippen LogP contribution is -1.92. The minimum absolute atomic E-state index is 1.24. The fourth-order valence-electron chi connectivity index (χ4n) is 9.17. The van der Waals surface area contributed by atoms with Gasteiger partial charge in [-0.25, -0.2) is 0 Å². The predicted octanol–water partition coefficient (Wildman–Crippen LogP) is 16.0. The highest BCUT2D eigenvalue weighted by Gasteiger charge is 2.21. The zero-order valence-electron chi connectivity index (χ0n) is 29.1. The Morgan fingerprint density at radius 2 is 0.759 bits per heavy atom. The highest BCUT2D eigenvalue weighted by molar-refractivity contribution is 7.30. The molecule has 0 fully saturated rings. The van der Waals surface area contributed by atoms with Crippen LogP contribution in [0.4, 0.5) is 0 Å². The predicted molar refractivity (Wildman–Crippen MR) is 239 cm³/mol. The van der Waals surface area contributed by atoms with Crippen molar-refractivity contribution in [3.05, 3.63) is 182 Å². The Morgan fingerprint density at radius 3 is 1.46 bits per heavy atom. The average Bonchev–Trinajstić information content (AvgIpc) is 3.82. The molecule has 250 valence electrons. The smallest absolute Gasteiger partial charge is 0.0455 e. The third kappa shape index (κ3) is 4.24. The number of rotatable bonds is 3. The van der Waals surface area contributed by atoms with E-state index in [9.17, 15) is 0 Å². The lowest BCUT2D eigenvalue weighted by molar-refractivity contribution is 1.64. The van der Waals surface area contributed by atoms with Crippen LogP contribution in [0.5, 0.6) is 0 Å². The summed E-state index contributed by atoms with van der Waals surface area (Å²) in [5.74, 6) is 0. The number of thiophene rings is 2. The molecule has 2 aromatic heterocycles. The molecule has 0 nitrogen and oxygen atoms in total. The van der Waals surface area contributed by atoms with Gasteiger partial charge in [0.2, 0.25) is 0 Å². The Morgan fingerprint density at radius 1 is 0.259 bits per heavy atom. The Kier molecular flexibility index (Phi) is 6.48. The Balaban J connectivity index is 1.14. The monoisotopic (exact) mass is 718 g/mol. The molecule has 12 rings (SSSR count). The summed E-state index contributed by atoms with van der Waals surface area (Å²) in [6, 6.07) is 67.6. The Hall–Kier alpha value is -6.32. The van der Waals surface area contributed by atoms with E-state index in [2.05, 4.69) is 182 Å². The lowest BCUT2D eigenvalue weighted by Gasteiger charge is -2.19. The normalized spacial score (nSPS) is 12.1. The van der Waals surface area contributed by atoms with Crippen molar-refractivity contribution >= 4 is 106 Å². The summed E-state index contributed by atoms with van der Waals surface area (Å²) in [5, 5.41) is 15.8. The van der Waals surface area contributed by atoms with Gasteiger partial charge in [-0.05, 0) is 83.2 Å². The van der Waals surface area contributed by atoms with Gasteiger partial charge in [-0.2, -0.15) is 0 Å². The largest absolute Gasteiger partial charge is 0.134 e. The maximum atomic E-state index is 2.46. The second-order valence-corrected chi connectivity index (χ2v) is 16.4. The van der Waals surface area contributed by atoms with Gasteiger partial charge >= 0.3 is 0 Å². The molecule has 54 heavy (non-hydrogen) atoms. The second kappa shape index (κ2) is 11.6. The van der Waals surface area contributed by atoms with Crippen molar-refractivity contribution < 1.29 is 0 Å². The molecular formula is C52H30S2. The van der Waals surface area contributed by atoms with E-state index in [1.807, 2.05) is 22.7 Å². The second-order valence-electron chi connectivity index (χ2n) is 14.3. The van der Waals surface area contributed by atoms with Crippen LogP contribution in [-0.4, -0.2) is 0 Å². The Bertz CT molecular complexity index is 3430. The summed E-state index contributed by atoms with van der Waals surface area (Å²) in [6.07, 6.45) is 0. The van der Waals surface area contributed by atoms with E-state index in [0.717, 1.165) is 0 Å². The van der Waals surface area contributed by atoms with E-state index in [4.69, 9.17) is 0 Å². The van der Waals surface area contributed by atoms with E-state index in [0.29, 0.717) is 0 Å². The van der Waals surface area contributed by atoms with Gasteiger partial charge in [0.25, 0.3) is 0 Å². The third-order valence-electron chi connectivity index (χ3n) is 11.5. The van der Waals surface area contributed by atoms with E-state index >= 15 is 0 Å². The van der Waals surface area contributed by atoms with Crippen LogP contribution in [0.3, 0.4) is 0 Å². The van der Waals surface area contributed by atoms with Gasteiger partial charge in [-0.3, -0.25) is 0 Å². The van der Waals surface area contributed by atoms with Crippen LogP contribution in [0.15, 0.2) is 182 Å². The highest BCUT2D eigenvalue weighted by Crippen LogP contribution is 2.51. The van der Waals surface area contributed by atoms with Crippen LogP contribution >= 0.6 is 22.7 Å². The molecule has 0 spiro atoms. The number of benzene rings is 10. The number of hydrogen-bond donors (Lipinski definition) is 0. The first-order valence-corrected chi connectivity index (χ1v) is 20.1. The van der Waals surface area contributed by atoms with Crippen LogP contribution in [0, 0.1) is 0 Å². The first-order valence-electron chi connectivity index (χ1n) is 18.5. The molecule has 0 saturated carbocycles. The van der Waals surface area contributed by atoms with Crippen molar-refractivity contribution in [1.82, 2.24) is 0 Å². The molecule has 0 N–H and O–H groups in total. The summed E-state index contributed by atoms with van der Waals surface area (Å²) in [5.41, 5.74) is 7.62. The number of fused-ring (bicyclic) bond motifs is 13. The van der Waals surface area contributed by atoms with Gasteiger partial charge < -0.3 is 0 Å². The molecule has 2 heteroatoms. The van der Waals surface area contributed by atoms with Gasteiger partial charge in [-0.15, -0.1) is 22.7 Å². The molecule has 0 saturated heterocycles. The zero-order valence-corrected chi connectivity index (χ0v) is 30.8. The molecule has 10 aromatic carbocycles. The van der Waals surface area contributed by atoms with Crippen molar-refractivity contribution in [2.45, 2.75) is 0 Å². The minimum atomic E-state index is 1.24. The average molecular weight is 719 g/mol. The van der Waals surface area contributed by atoms with Crippen molar-refractivity contribution in [1.29, 1.82) is 0 Å². The van der Waals surface area contributed by atoms with Crippen molar-refractivity contribution in [2.75, 3.05) is 0 Å². The summed E-state index contributed by atoms with van der Waals surface area (Å²) in [6.45, 7) is 0. The van der Waals surface area contributed by atoms with Gasteiger partial charge in [0.1, 0.15) is 0 Å². The van der Waals surface area contributed by atoms with Crippen LogP contribution in [-0.2, 0) is 0 Å². The topological polar surface area (TPSA) is 0 Å². The fourth-order valence-corrected chi connectivity index (χ4v) is 11.8. The van der Waals surface area contributed by atoms with Gasteiger partial charge in [-0.1, -0.05) is 170 Å². The Labute approximate surface area is 319 Å². The van der Waals surface area contributed by atoms with Crippen LogP contribution in [0.1, 0.15) is 0 Å². The van der Waals surface area contributed by atoms with Gasteiger partial charge in [0.15, 0.2) is 0 Å². The van der Waals surface area contributed by atoms with E-state index < -0.39 is 0 Å². The molecule has 0 bridgehead atoms. The SMILES string of the molecule is c1ccc(-c2ccc(-c3c4ccccc4c(-c4ccc5c(c4)sc4c6ccccc6c6c7ccccc7sc6c54)c4ccccc34)c3ccccc23)cc1. The number of hydrogen-bond acceptors (Lipinski definition) is 2. The molecule has 0 unspecified atom stereocenters. The maximum absolute atomic E-state index is 2.46. The maximum Gasteiger partial charge on any atom is 0.0455 e. The van der Waals surface area contributed by atoms with Crippen molar-refractivity contribution in [2.24, 2.45) is 0 Å². The molecular weight excluding hydrogens is 689 g/mol. The highest BCUT2D eigenvalue weighted by atomic mass is 32.1. The first-order chi connectivity index (χ1) is 26.8. The van der Waals surface area contributed by atoms with E-state index in [-0.39, 0.29) is 0 Å². The molecule has 2 heterocycles. The molecule has 0 aliphatic heterocycles. The molecule has 0 radical (unpaired) electrons. The summed E-state index contributed by atoms with van der Waals surface area (Å²) >= 11 is 3.88. The van der Waals surface area contributed by atoms with Crippen LogP contribution in [0.2, 0.25) is 0 Å². The fraction of sp³-hybridized carbons (Fsp3) is 0. The third-order valence-corrected chi connectivity index (χ3v) is 13.8. The summed E-state index contributed by atoms with van der Waals surface area (Å²) in [4.78, 5) is 0. The van der Waals surface area contributed by atoms with Crippen LogP contribution in [0.25, 0.3) is 117 Å². The van der Waals surface area contributed by atoms with Crippen molar-refractivity contribution in [3.8, 4) is 33.4 Å². The lowest BCUT2D eigenvalue weighted by atomic mass is 9.83. The molecule has 0 aliphatic rings. The molecule has 0 amide bonds.